The summed E-state index contributed by atoms with van der Waals surface area (Å²) in [6, 6.07) is 12.1. The van der Waals surface area contributed by atoms with E-state index in [1.54, 1.807) is 30.3 Å². The first-order valence-corrected chi connectivity index (χ1v) is 6.87. The second kappa shape index (κ2) is 6.37. The number of nitro groups is 1. The Balaban J connectivity index is 2.19. The first kappa shape index (κ1) is 15.0. The van der Waals surface area contributed by atoms with Crippen LogP contribution in [0.4, 0.5) is 5.69 Å². The van der Waals surface area contributed by atoms with Gasteiger partial charge >= 0.3 is 0 Å². The molecule has 0 saturated carbocycles. The Bertz CT molecular complexity index is 738. The van der Waals surface area contributed by atoms with E-state index < -0.39 is 4.92 Å². The molecule has 0 unspecified atom stereocenters. The van der Waals surface area contributed by atoms with Crippen molar-refractivity contribution in [3.63, 3.8) is 0 Å². The van der Waals surface area contributed by atoms with Gasteiger partial charge in [-0.3, -0.25) is 10.1 Å². The third-order valence-electron chi connectivity index (χ3n) is 2.92. The van der Waals surface area contributed by atoms with Crippen LogP contribution in [-0.2, 0) is 6.61 Å². The van der Waals surface area contributed by atoms with Gasteiger partial charge in [0.2, 0.25) is 0 Å². The molecule has 0 amide bonds. The average molecular weight is 347 g/mol. The highest BCUT2D eigenvalue weighted by atomic mass is 79.9. The molecule has 0 aromatic heterocycles. The number of rotatable bonds is 4. The molecule has 2 aromatic carbocycles. The molecule has 0 bridgehead atoms. The van der Waals surface area contributed by atoms with Crippen molar-refractivity contribution in [2.75, 3.05) is 0 Å². The molecule has 21 heavy (non-hydrogen) atoms. The van der Waals surface area contributed by atoms with E-state index in [0.29, 0.717) is 21.3 Å². The molecule has 0 saturated heterocycles. The zero-order valence-corrected chi connectivity index (χ0v) is 12.8. The maximum Gasteiger partial charge on any atom is 0.283 e. The van der Waals surface area contributed by atoms with E-state index in [2.05, 4.69) is 15.9 Å². The van der Waals surface area contributed by atoms with Crippen molar-refractivity contribution in [1.82, 2.24) is 0 Å². The van der Waals surface area contributed by atoms with Crippen molar-refractivity contribution in [2.45, 2.75) is 13.5 Å². The highest BCUT2D eigenvalue weighted by Gasteiger charge is 2.12. The topological polar surface area (TPSA) is 76.2 Å². The molecule has 0 aliphatic carbocycles. The summed E-state index contributed by atoms with van der Waals surface area (Å²) in [5, 5.41) is 19.8. The summed E-state index contributed by atoms with van der Waals surface area (Å²) < 4.78 is 6.08. The molecule has 106 valence electrons. The van der Waals surface area contributed by atoms with E-state index in [1.807, 2.05) is 13.0 Å². The van der Waals surface area contributed by atoms with Crippen molar-refractivity contribution in [1.29, 1.82) is 5.26 Å². The van der Waals surface area contributed by atoms with Gasteiger partial charge in [-0.2, -0.15) is 5.26 Å². The summed E-state index contributed by atoms with van der Waals surface area (Å²) >= 11 is 3.14. The molecular weight excluding hydrogens is 336 g/mol. The van der Waals surface area contributed by atoms with Crippen molar-refractivity contribution >= 4 is 21.6 Å². The smallest absolute Gasteiger partial charge is 0.283 e. The molecule has 2 aromatic rings. The summed E-state index contributed by atoms with van der Waals surface area (Å²) in [5.41, 5.74) is 2.10. The molecule has 0 aliphatic heterocycles. The largest absolute Gasteiger partial charge is 0.489 e. The van der Waals surface area contributed by atoms with E-state index in [1.165, 1.54) is 6.07 Å². The lowest BCUT2D eigenvalue weighted by molar-refractivity contribution is -0.385. The van der Waals surface area contributed by atoms with Crippen LogP contribution in [0.15, 0.2) is 40.9 Å². The second-order valence-corrected chi connectivity index (χ2v) is 5.28. The standard InChI is InChI=1S/C15H11BrN2O3/c1-10-2-3-11(8-17)7-15(10)21-9-12-4-5-13(16)14(6-12)18(19)20/h2-7H,9H2,1H3. The zero-order valence-electron chi connectivity index (χ0n) is 11.2. The summed E-state index contributed by atoms with van der Waals surface area (Å²) in [4.78, 5) is 10.4. The van der Waals surface area contributed by atoms with Gasteiger partial charge in [-0.1, -0.05) is 12.1 Å². The fraction of sp³-hybridized carbons (Fsp3) is 0.133. The van der Waals surface area contributed by atoms with Crippen molar-refractivity contribution in [3.05, 3.63) is 67.7 Å². The number of halogens is 1. The lowest BCUT2D eigenvalue weighted by Gasteiger charge is -2.09. The number of hydrogen-bond acceptors (Lipinski definition) is 4. The Kier molecular flexibility index (Phi) is 4.55. The lowest BCUT2D eigenvalue weighted by atomic mass is 10.1. The molecule has 0 atom stereocenters. The van der Waals surface area contributed by atoms with E-state index in [9.17, 15) is 10.1 Å². The van der Waals surface area contributed by atoms with Crippen LogP contribution in [-0.4, -0.2) is 4.92 Å². The highest BCUT2D eigenvalue weighted by molar-refractivity contribution is 9.10. The van der Waals surface area contributed by atoms with E-state index in [4.69, 9.17) is 10.00 Å². The number of hydrogen-bond donors (Lipinski definition) is 0. The van der Waals surface area contributed by atoms with Gasteiger partial charge in [0, 0.05) is 6.07 Å². The quantitative estimate of drug-likeness (QED) is 0.616. The first-order valence-electron chi connectivity index (χ1n) is 6.07. The molecule has 5 nitrogen and oxygen atoms in total. The molecule has 0 aliphatic rings. The molecule has 0 N–H and O–H groups in total. The van der Waals surface area contributed by atoms with E-state index in [0.717, 1.165) is 5.56 Å². The van der Waals surface area contributed by atoms with Crippen LogP contribution in [0.2, 0.25) is 0 Å². The number of aryl methyl sites for hydroxylation is 1. The Morgan fingerprint density at radius 3 is 2.76 bits per heavy atom. The number of nitro benzene ring substituents is 1. The summed E-state index contributed by atoms with van der Waals surface area (Å²) in [7, 11) is 0. The summed E-state index contributed by atoms with van der Waals surface area (Å²) in [5.74, 6) is 0.597. The number of benzene rings is 2. The van der Waals surface area contributed by atoms with Gasteiger partial charge < -0.3 is 4.74 Å². The van der Waals surface area contributed by atoms with Gasteiger partial charge in [0.05, 0.1) is 21.0 Å². The third kappa shape index (κ3) is 3.58. The van der Waals surface area contributed by atoms with Crippen molar-refractivity contribution in [2.24, 2.45) is 0 Å². The van der Waals surface area contributed by atoms with E-state index >= 15 is 0 Å². The third-order valence-corrected chi connectivity index (χ3v) is 3.59. The molecule has 0 fully saturated rings. The molecule has 0 spiro atoms. The van der Waals surface area contributed by atoms with Crippen LogP contribution < -0.4 is 4.74 Å². The van der Waals surface area contributed by atoms with Crippen LogP contribution in [0, 0.1) is 28.4 Å². The monoisotopic (exact) mass is 346 g/mol. The Morgan fingerprint density at radius 2 is 2.10 bits per heavy atom. The van der Waals surface area contributed by atoms with Gasteiger partial charge in [-0.25, -0.2) is 0 Å². The normalized spacial score (nSPS) is 9.95. The predicted octanol–water partition coefficient (Wildman–Crippen LogP) is 4.12. The van der Waals surface area contributed by atoms with Crippen molar-refractivity contribution < 1.29 is 9.66 Å². The molecule has 0 radical (unpaired) electrons. The Labute approximate surface area is 130 Å². The van der Waals surface area contributed by atoms with Gasteiger partial charge in [-0.15, -0.1) is 0 Å². The fourth-order valence-corrected chi connectivity index (χ4v) is 2.17. The number of nitriles is 1. The van der Waals surface area contributed by atoms with Crippen LogP contribution in [0.3, 0.4) is 0 Å². The summed E-state index contributed by atoms with van der Waals surface area (Å²) in [6.07, 6.45) is 0. The van der Waals surface area contributed by atoms with Crippen LogP contribution in [0.5, 0.6) is 5.75 Å². The molecular formula is C15H11BrN2O3. The van der Waals surface area contributed by atoms with Crippen LogP contribution in [0.1, 0.15) is 16.7 Å². The molecule has 0 heterocycles. The Hall–Kier alpha value is -2.39. The fourth-order valence-electron chi connectivity index (χ4n) is 1.77. The van der Waals surface area contributed by atoms with Crippen LogP contribution >= 0.6 is 15.9 Å². The highest BCUT2D eigenvalue weighted by Crippen LogP contribution is 2.27. The van der Waals surface area contributed by atoms with Crippen molar-refractivity contribution in [3.8, 4) is 11.8 Å². The van der Waals surface area contributed by atoms with Crippen LogP contribution in [0.25, 0.3) is 0 Å². The number of ether oxygens (including phenoxy) is 1. The minimum atomic E-state index is -0.449. The van der Waals surface area contributed by atoms with Gasteiger partial charge in [0.25, 0.3) is 5.69 Å². The average Bonchev–Trinajstić information content (AvgIpc) is 2.47. The molecule has 6 heteroatoms. The van der Waals surface area contributed by atoms with Gasteiger partial charge in [-0.05, 0) is 52.2 Å². The number of nitrogens with zero attached hydrogens (tertiary/aromatic N) is 2. The maximum absolute atomic E-state index is 10.9. The minimum Gasteiger partial charge on any atom is -0.489 e. The predicted molar refractivity (Wildman–Crippen MR) is 81.0 cm³/mol. The van der Waals surface area contributed by atoms with E-state index in [-0.39, 0.29) is 12.3 Å². The second-order valence-electron chi connectivity index (χ2n) is 4.42. The first-order chi connectivity index (χ1) is 10.0. The zero-order chi connectivity index (χ0) is 15.4. The SMILES string of the molecule is Cc1ccc(C#N)cc1OCc1ccc(Br)c([N+](=O)[O-])c1. The minimum absolute atomic E-state index is 0.00130. The Morgan fingerprint density at radius 1 is 1.33 bits per heavy atom. The summed E-state index contributed by atoms with van der Waals surface area (Å²) in [6.45, 7) is 2.07. The molecule has 2 rings (SSSR count). The lowest BCUT2D eigenvalue weighted by Crippen LogP contribution is -1.99. The van der Waals surface area contributed by atoms with Gasteiger partial charge in [0.1, 0.15) is 12.4 Å². The maximum atomic E-state index is 10.9. The van der Waals surface area contributed by atoms with Gasteiger partial charge in [0.15, 0.2) is 0 Å².